The summed E-state index contributed by atoms with van der Waals surface area (Å²) in [4.78, 5) is 13.2. The van der Waals surface area contributed by atoms with Crippen LogP contribution in [0.25, 0.3) is 17.1 Å². The van der Waals surface area contributed by atoms with Gasteiger partial charge in [0.25, 0.3) is 5.88 Å². The molecule has 0 bridgehead atoms. The summed E-state index contributed by atoms with van der Waals surface area (Å²) < 4.78 is 13.4. The smallest absolute Gasteiger partial charge is 0.259 e. The average molecular weight is 327 g/mol. The van der Waals surface area contributed by atoms with Crippen molar-refractivity contribution in [3.63, 3.8) is 0 Å². The maximum atomic E-state index is 5.85. The standard InChI is InChI=1S/C17H21N5O2/c1-4-6-9-23-17-15-19-7-8-22(15)11-13(21-17)14-10-20-16(24-14)12(3)18-5-2/h4,7-8,10-12,18H,1,5-6,9H2,2-3H3. The van der Waals surface area contributed by atoms with Crippen molar-refractivity contribution < 1.29 is 9.15 Å². The highest BCUT2D eigenvalue weighted by molar-refractivity contribution is 5.58. The summed E-state index contributed by atoms with van der Waals surface area (Å²) in [6, 6.07) is 0.0454. The van der Waals surface area contributed by atoms with E-state index in [4.69, 9.17) is 9.15 Å². The number of nitrogens with zero attached hydrogens (tertiary/aromatic N) is 4. The average Bonchev–Trinajstić information content (AvgIpc) is 3.24. The second kappa shape index (κ2) is 7.27. The Labute approximate surface area is 140 Å². The van der Waals surface area contributed by atoms with Crippen molar-refractivity contribution in [2.24, 2.45) is 0 Å². The summed E-state index contributed by atoms with van der Waals surface area (Å²) in [5.41, 5.74) is 1.32. The molecular weight excluding hydrogens is 306 g/mol. The minimum absolute atomic E-state index is 0.0454. The zero-order valence-electron chi connectivity index (χ0n) is 13.9. The van der Waals surface area contributed by atoms with Crippen molar-refractivity contribution >= 4 is 5.65 Å². The first-order valence-corrected chi connectivity index (χ1v) is 7.99. The third-order valence-electron chi connectivity index (χ3n) is 3.56. The van der Waals surface area contributed by atoms with Crippen molar-refractivity contribution in [2.45, 2.75) is 26.3 Å². The monoisotopic (exact) mass is 327 g/mol. The molecule has 0 aromatic carbocycles. The van der Waals surface area contributed by atoms with Crippen LogP contribution >= 0.6 is 0 Å². The quantitative estimate of drug-likeness (QED) is 0.506. The van der Waals surface area contributed by atoms with Gasteiger partial charge in [-0.15, -0.1) is 6.58 Å². The molecule has 1 unspecified atom stereocenters. The van der Waals surface area contributed by atoms with Crippen LogP contribution < -0.4 is 10.1 Å². The number of hydrogen-bond donors (Lipinski definition) is 1. The third-order valence-corrected chi connectivity index (χ3v) is 3.56. The van der Waals surface area contributed by atoms with E-state index in [0.717, 1.165) is 13.0 Å². The summed E-state index contributed by atoms with van der Waals surface area (Å²) in [7, 11) is 0. The molecule has 0 saturated carbocycles. The van der Waals surface area contributed by atoms with Gasteiger partial charge in [-0.1, -0.05) is 13.0 Å². The van der Waals surface area contributed by atoms with Crippen LogP contribution in [0.15, 0.2) is 41.9 Å². The molecule has 126 valence electrons. The van der Waals surface area contributed by atoms with Gasteiger partial charge in [-0.2, -0.15) is 0 Å². The van der Waals surface area contributed by atoms with Gasteiger partial charge in [0, 0.05) is 18.6 Å². The molecule has 0 aliphatic heterocycles. The Bertz CT molecular complexity index is 823. The lowest BCUT2D eigenvalue weighted by Gasteiger charge is -2.08. The Morgan fingerprint density at radius 1 is 1.46 bits per heavy atom. The van der Waals surface area contributed by atoms with Gasteiger partial charge in [0.1, 0.15) is 5.69 Å². The highest BCUT2D eigenvalue weighted by atomic mass is 16.5. The Hall–Kier alpha value is -2.67. The molecule has 7 heteroatoms. The molecule has 1 atom stereocenters. The van der Waals surface area contributed by atoms with Gasteiger partial charge in [0.2, 0.25) is 11.5 Å². The molecular formula is C17H21N5O2. The van der Waals surface area contributed by atoms with E-state index in [1.807, 2.05) is 30.6 Å². The molecule has 0 spiro atoms. The number of hydrogen-bond acceptors (Lipinski definition) is 6. The van der Waals surface area contributed by atoms with Gasteiger partial charge >= 0.3 is 0 Å². The van der Waals surface area contributed by atoms with Crippen molar-refractivity contribution in [3.8, 4) is 17.3 Å². The molecule has 0 radical (unpaired) electrons. The number of imidazole rings is 1. The van der Waals surface area contributed by atoms with E-state index in [-0.39, 0.29) is 6.04 Å². The summed E-state index contributed by atoms with van der Waals surface area (Å²) >= 11 is 0. The van der Waals surface area contributed by atoms with Crippen molar-refractivity contribution in [2.75, 3.05) is 13.2 Å². The Morgan fingerprint density at radius 2 is 2.33 bits per heavy atom. The van der Waals surface area contributed by atoms with Crippen LogP contribution in [0.5, 0.6) is 5.88 Å². The molecule has 0 aliphatic rings. The molecule has 3 rings (SSSR count). The molecule has 0 aliphatic carbocycles. The normalized spacial score (nSPS) is 12.4. The topological polar surface area (TPSA) is 77.5 Å². The first-order chi connectivity index (χ1) is 11.7. The van der Waals surface area contributed by atoms with Crippen LogP contribution in [-0.4, -0.2) is 32.5 Å². The highest BCUT2D eigenvalue weighted by Crippen LogP contribution is 2.25. The Morgan fingerprint density at radius 3 is 3.12 bits per heavy atom. The van der Waals surface area contributed by atoms with E-state index < -0.39 is 0 Å². The van der Waals surface area contributed by atoms with Crippen molar-refractivity contribution in [1.29, 1.82) is 0 Å². The fourth-order valence-electron chi connectivity index (χ4n) is 2.36. The summed E-state index contributed by atoms with van der Waals surface area (Å²) in [6.45, 7) is 9.09. The zero-order chi connectivity index (χ0) is 16.9. The second-order valence-electron chi connectivity index (χ2n) is 5.36. The van der Waals surface area contributed by atoms with Crippen LogP contribution in [0.2, 0.25) is 0 Å². The van der Waals surface area contributed by atoms with Gasteiger partial charge in [0.15, 0.2) is 5.76 Å². The number of fused-ring (bicyclic) bond motifs is 1. The van der Waals surface area contributed by atoms with Crippen LogP contribution in [0.1, 0.15) is 32.2 Å². The number of aromatic nitrogens is 4. The first-order valence-electron chi connectivity index (χ1n) is 7.99. The van der Waals surface area contributed by atoms with Crippen LogP contribution in [0.4, 0.5) is 0 Å². The summed E-state index contributed by atoms with van der Waals surface area (Å²) in [5, 5.41) is 3.27. The lowest BCUT2D eigenvalue weighted by atomic mass is 10.3. The largest absolute Gasteiger partial charge is 0.475 e. The molecule has 3 heterocycles. The molecule has 0 amide bonds. The van der Waals surface area contributed by atoms with Gasteiger partial charge in [-0.25, -0.2) is 15.0 Å². The van der Waals surface area contributed by atoms with Gasteiger partial charge in [-0.3, -0.25) is 0 Å². The van der Waals surface area contributed by atoms with Crippen LogP contribution in [-0.2, 0) is 0 Å². The Kier molecular flexibility index (Phi) is 4.90. The van der Waals surface area contributed by atoms with E-state index in [9.17, 15) is 0 Å². The number of oxazole rings is 1. The number of nitrogens with one attached hydrogen (secondary N) is 1. The molecule has 1 N–H and O–H groups in total. The molecule has 0 fully saturated rings. The maximum absolute atomic E-state index is 5.85. The molecule has 7 nitrogen and oxygen atoms in total. The van der Waals surface area contributed by atoms with E-state index in [0.29, 0.717) is 35.5 Å². The predicted octanol–water partition coefficient (Wildman–Crippen LogP) is 3.01. The molecule has 0 saturated heterocycles. The first kappa shape index (κ1) is 16.2. The van der Waals surface area contributed by atoms with Gasteiger partial charge in [-0.05, 0) is 19.9 Å². The fraction of sp³-hybridized carbons (Fsp3) is 0.353. The molecule has 3 aromatic heterocycles. The van der Waals surface area contributed by atoms with Crippen LogP contribution in [0.3, 0.4) is 0 Å². The van der Waals surface area contributed by atoms with Gasteiger partial charge in [0.05, 0.1) is 18.8 Å². The van der Waals surface area contributed by atoms with Crippen LogP contribution in [0, 0.1) is 0 Å². The van der Waals surface area contributed by atoms with Gasteiger partial charge < -0.3 is 18.9 Å². The minimum Gasteiger partial charge on any atom is -0.475 e. The van der Waals surface area contributed by atoms with Crippen molar-refractivity contribution in [3.05, 3.63) is 43.3 Å². The Balaban J connectivity index is 1.92. The highest BCUT2D eigenvalue weighted by Gasteiger charge is 2.16. The maximum Gasteiger partial charge on any atom is 0.259 e. The van der Waals surface area contributed by atoms with E-state index >= 15 is 0 Å². The van der Waals surface area contributed by atoms with Crippen molar-refractivity contribution in [1.82, 2.24) is 24.7 Å². The minimum atomic E-state index is 0.0454. The SMILES string of the molecule is C=CCCOc1nc(-c2cnc(C(C)NCC)o2)cn2ccnc12. The second-order valence-corrected chi connectivity index (χ2v) is 5.36. The lowest BCUT2D eigenvalue weighted by molar-refractivity contribution is 0.314. The summed E-state index contributed by atoms with van der Waals surface area (Å²) in [6.07, 6.45) is 9.63. The van der Waals surface area contributed by atoms with E-state index in [2.05, 4.69) is 26.8 Å². The summed E-state index contributed by atoms with van der Waals surface area (Å²) in [5.74, 6) is 1.70. The third kappa shape index (κ3) is 3.30. The number of ether oxygens (including phenoxy) is 1. The fourth-order valence-corrected chi connectivity index (χ4v) is 2.36. The van der Waals surface area contributed by atoms with E-state index in [1.165, 1.54) is 0 Å². The molecule has 24 heavy (non-hydrogen) atoms. The number of rotatable bonds is 8. The zero-order valence-corrected chi connectivity index (χ0v) is 13.9. The molecule has 3 aromatic rings. The lowest BCUT2D eigenvalue weighted by Crippen LogP contribution is -2.17. The van der Waals surface area contributed by atoms with E-state index in [1.54, 1.807) is 18.5 Å². The predicted molar refractivity (Wildman–Crippen MR) is 90.9 cm³/mol.